The van der Waals surface area contributed by atoms with Gasteiger partial charge in [-0.15, -0.1) is 0 Å². The molecule has 0 saturated carbocycles. The number of oxazole rings is 1. The summed E-state index contributed by atoms with van der Waals surface area (Å²) in [5, 5.41) is 8.46. The van der Waals surface area contributed by atoms with E-state index < -0.39 is 24.3 Å². The minimum Gasteiger partial charge on any atom is -0.481 e. The van der Waals surface area contributed by atoms with Crippen molar-refractivity contribution in [3.63, 3.8) is 0 Å². The second-order valence-electron chi connectivity index (χ2n) is 6.74. The molecule has 0 radical (unpaired) electrons. The molecule has 0 atom stereocenters. The summed E-state index contributed by atoms with van der Waals surface area (Å²) in [5.41, 5.74) is 1.88. The Balaban J connectivity index is 2.06. The van der Waals surface area contributed by atoms with E-state index in [0.29, 0.717) is 29.0 Å². The number of hydrogen-bond donors (Lipinski definition) is 1. The number of aliphatic carboxylic acids is 1. The molecule has 0 bridgehead atoms. The molecule has 128 valence electrons. The fourth-order valence-electron chi connectivity index (χ4n) is 2.15. The minimum absolute atomic E-state index is 0.0397. The molecule has 7 nitrogen and oxygen atoms in total. The fourth-order valence-corrected chi connectivity index (χ4v) is 2.15. The first kappa shape index (κ1) is 17.7. The normalized spacial score (nSPS) is 11.5. The Hall–Kier alpha value is -2.70. The van der Waals surface area contributed by atoms with Crippen molar-refractivity contribution in [2.75, 3.05) is 0 Å². The van der Waals surface area contributed by atoms with Gasteiger partial charge in [-0.05, 0) is 23.1 Å². The smallest absolute Gasteiger partial charge is 0.324 e. The summed E-state index contributed by atoms with van der Waals surface area (Å²) in [7, 11) is 0. The predicted octanol–water partition coefficient (Wildman–Crippen LogP) is 2.50. The Labute approximate surface area is 138 Å². The summed E-state index contributed by atoms with van der Waals surface area (Å²) in [6.07, 6.45) is -0.310. The monoisotopic (exact) mass is 333 g/mol. The first-order valence-electron chi connectivity index (χ1n) is 7.46. The number of carbonyl (C=O) groups excluding carboxylic acids is 2. The quantitative estimate of drug-likeness (QED) is 0.661. The first-order chi connectivity index (χ1) is 11.1. The van der Waals surface area contributed by atoms with Gasteiger partial charge in [-0.1, -0.05) is 26.8 Å². The zero-order valence-electron chi connectivity index (χ0n) is 13.8. The maximum absolute atomic E-state index is 11.7. The predicted molar refractivity (Wildman–Crippen MR) is 84.2 cm³/mol. The summed E-state index contributed by atoms with van der Waals surface area (Å²) >= 11 is 0. The van der Waals surface area contributed by atoms with Gasteiger partial charge in [0.25, 0.3) is 0 Å². The van der Waals surface area contributed by atoms with Gasteiger partial charge in [-0.25, -0.2) is 4.98 Å². The number of fused-ring (bicyclic) bond motifs is 1. The number of carbonyl (C=O) groups is 3. The lowest BCUT2D eigenvalue weighted by Crippen LogP contribution is -2.17. The molecule has 7 heteroatoms. The van der Waals surface area contributed by atoms with E-state index in [1.165, 1.54) is 0 Å². The molecular formula is C17H19NO6. The first-order valence-corrected chi connectivity index (χ1v) is 7.46. The van der Waals surface area contributed by atoms with Crippen LogP contribution in [0.15, 0.2) is 22.6 Å². The van der Waals surface area contributed by atoms with Gasteiger partial charge >= 0.3 is 17.9 Å². The summed E-state index contributed by atoms with van der Waals surface area (Å²) in [6.45, 7) is 6.24. The molecule has 0 aliphatic carbocycles. The van der Waals surface area contributed by atoms with Crippen LogP contribution in [0.2, 0.25) is 0 Å². The van der Waals surface area contributed by atoms with Crippen LogP contribution < -0.4 is 0 Å². The fraction of sp³-hybridized carbons (Fsp3) is 0.412. The third-order valence-corrected chi connectivity index (χ3v) is 3.05. The number of carboxylic acid groups (broad SMARTS) is 1. The van der Waals surface area contributed by atoms with E-state index in [4.69, 9.17) is 9.52 Å². The molecule has 0 spiro atoms. The van der Waals surface area contributed by atoms with Gasteiger partial charge < -0.3 is 14.3 Å². The van der Waals surface area contributed by atoms with Crippen molar-refractivity contribution in [1.29, 1.82) is 0 Å². The average molecular weight is 333 g/mol. The minimum atomic E-state index is -1.34. The van der Waals surface area contributed by atoms with Gasteiger partial charge in [0.05, 0.1) is 6.42 Å². The topological polar surface area (TPSA) is 107 Å². The third-order valence-electron chi connectivity index (χ3n) is 3.05. The molecule has 1 N–H and O–H groups in total. The number of carboxylic acids is 1. The Bertz CT molecular complexity index is 784. The number of esters is 2. The lowest BCUT2D eigenvalue weighted by Gasteiger charge is -2.14. The maximum Gasteiger partial charge on any atom is 0.324 e. The van der Waals surface area contributed by atoms with Crippen LogP contribution in [0.3, 0.4) is 0 Å². The summed E-state index contributed by atoms with van der Waals surface area (Å²) in [6, 6.07) is 5.07. The number of aromatic nitrogens is 1. The highest BCUT2D eigenvalue weighted by Crippen LogP contribution is 2.24. The SMILES string of the molecule is CC(C)(C)Cc1nc2cc(CC(=O)OC(=O)CC(=O)O)ccc2o1. The van der Waals surface area contributed by atoms with E-state index in [2.05, 4.69) is 30.5 Å². The molecule has 0 aliphatic heterocycles. The Morgan fingerprint density at radius 3 is 2.54 bits per heavy atom. The highest BCUT2D eigenvalue weighted by molar-refractivity contribution is 5.96. The second kappa shape index (κ2) is 6.82. The lowest BCUT2D eigenvalue weighted by atomic mass is 9.92. The standard InChI is InChI=1S/C17H19NO6/c1-17(2,3)9-13-18-11-6-10(4-5-12(11)23-13)7-15(21)24-16(22)8-14(19)20/h4-6H,7-9H2,1-3H3,(H,19,20). The van der Waals surface area contributed by atoms with Crippen molar-refractivity contribution in [1.82, 2.24) is 4.98 Å². The molecule has 1 heterocycles. The molecule has 0 fully saturated rings. The van der Waals surface area contributed by atoms with Gasteiger partial charge in [-0.2, -0.15) is 0 Å². The molecule has 2 aromatic rings. The van der Waals surface area contributed by atoms with Crippen LogP contribution in [0.4, 0.5) is 0 Å². The highest BCUT2D eigenvalue weighted by Gasteiger charge is 2.18. The van der Waals surface area contributed by atoms with E-state index in [1.54, 1.807) is 18.2 Å². The number of rotatable bonds is 5. The zero-order valence-corrected chi connectivity index (χ0v) is 13.8. The third kappa shape index (κ3) is 5.19. The van der Waals surface area contributed by atoms with Crippen LogP contribution in [-0.2, 0) is 32.0 Å². The van der Waals surface area contributed by atoms with Crippen LogP contribution >= 0.6 is 0 Å². The van der Waals surface area contributed by atoms with Crippen molar-refractivity contribution in [2.45, 2.75) is 40.0 Å². The van der Waals surface area contributed by atoms with E-state index >= 15 is 0 Å². The number of benzene rings is 1. The maximum atomic E-state index is 11.7. The van der Waals surface area contributed by atoms with Crippen molar-refractivity contribution in [3.8, 4) is 0 Å². The van der Waals surface area contributed by atoms with E-state index in [1.807, 2.05) is 0 Å². The van der Waals surface area contributed by atoms with Crippen LogP contribution in [0.5, 0.6) is 0 Å². The Morgan fingerprint density at radius 2 is 1.92 bits per heavy atom. The summed E-state index contributed by atoms with van der Waals surface area (Å²) in [4.78, 5) is 37.6. The largest absolute Gasteiger partial charge is 0.481 e. The number of hydrogen-bond acceptors (Lipinski definition) is 6. The summed E-state index contributed by atoms with van der Waals surface area (Å²) in [5.74, 6) is -2.61. The summed E-state index contributed by atoms with van der Waals surface area (Å²) < 4.78 is 10.1. The molecule has 24 heavy (non-hydrogen) atoms. The van der Waals surface area contributed by atoms with Crippen molar-refractivity contribution in [3.05, 3.63) is 29.7 Å². The molecule has 0 saturated heterocycles. The number of ether oxygens (including phenoxy) is 1. The van der Waals surface area contributed by atoms with Crippen LogP contribution in [0, 0.1) is 5.41 Å². The van der Waals surface area contributed by atoms with Crippen molar-refractivity contribution < 1.29 is 28.6 Å². The van der Waals surface area contributed by atoms with Gasteiger partial charge in [0, 0.05) is 6.42 Å². The molecule has 0 amide bonds. The Kier molecular flexibility index (Phi) is 5.02. The number of nitrogens with zero attached hydrogens (tertiary/aromatic N) is 1. The van der Waals surface area contributed by atoms with Crippen molar-refractivity contribution >= 4 is 29.0 Å². The lowest BCUT2D eigenvalue weighted by molar-refractivity contribution is -0.161. The van der Waals surface area contributed by atoms with Gasteiger partial charge in [-0.3, -0.25) is 14.4 Å². The highest BCUT2D eigenvalue weighted by atomic mass is 16.6. The van der Waals surface area contributed by atoms with Gasteiger partial charge in [0.15, 0.2) is 11.5 Å². The molecule has 2 rings (SSSR count). The van der Waals surface area contributed by atoms with E-state index in [9.17, 15) is 14.4 Å². The molecular weight excluding hydrogens is 314 g/mol. The van der Waals surface area contributed by atoms with Crippen molar-refractivity contribution in [2.24, 2.45) is 5.41 Å². The molecule has 0 aliphatic rings. The molecule has 1 aromatic heterocycles. The van der Waals surface area contributed by atoms with E-state index in [0.717, 1.165) is 0 Å². The molecule has 0 unspecified atom stereocenters. The van der Waals surface area contributed by atoms with Crippen LogP contribution in [0.25, 0.3) is 11.1 Å². The average Bonchev–Trinajstić information content (AvgIpc) is 2.75. The van der Waals surface area contributed by atoms with Gasteiger partial charge in [0.2, 0.25) is 0 Å². The van der Waals surface area contributed by atoms with Gasteiger partial charge in [0.1, 0.15) is 11.9 Å². The van der Waals surface area contributed by atoms with E-state index in [-0.39, 0.29) is 11.8 Å². The van der Waals surface area contributed by atoms with Crippen LogP contribution in [0.1, 0.15) is 38.6 Å². The molecule has 1 aromatic carbocycles. The van der Waals surface area contributed by atoms with Crippen LogP contribution in [-0.4, -0.2) is 28.0 Å². The second-order valence-corrected chi connectivity index (χ2v) is 6.74. The Morgan fingerprint density at radius 1 is 1.21 bits per heavy atom. The zero-order chi connectivity index (χ0) is 17.9.